The van der Waals surface area contributed by atoms with E-state index in [1.807, 2.05) is 6.92 Å². The maximum absolute atomic E-state index is 9.05. The summed E-state index contributed by atoms with van der Waals surface area (Å²) in [4.78, 5) is 0. The summed E-state index contributed by atoms with van der Waals surface area (Å²) in [6.07, 6.45) is 6.80. The number of unbranched alkanes of at least 4 members (excludes halogenated alkanes) is 3. The van der Waals surface area contributed by atoms with Gasteiger partial charge in [0.25, 0.3) is 0 Å². The van der Waals surface area contributed by atoms with Gasteiger partial charge in [0.2, 0.25) is 0 Å². The van der Waals surface area contributed by atoms with Gasteiger partial charge in [0.15, 0.2) is 0 Å². The third-order valence-corrected chi connectivity index (χ3v) is 2.62. The molecule has 2 heteroatoms. The lowest BCUT2D eigenvalue weighted by Gasteiger charge is -2.20. The molecule has 1 atom stereocenters. The Kier molecular flexibility index (Phi) is 6.85. The summed E-state index contributed by atoms with van der Waals surface area (Å²) < 4.78 is 0. The van der Waals surface area contributed by atoms with Crippen molar-refractivity contribution in [3.63, 3.8) is 0 Å². The molecule has 0 N–H and O–H groups in total. The van der Waals surface area contributed by atoms with Gasteiger partial charge in [-0.3, -0.25) is 0 Å². The third kappa shape index (κ3) is 5.60. The topological polar surface area (TPSA) is 47.6 Å². The van der Waals surface area contributed by atoms with Crippen molar-refractivity contribution in [2.45, 2.75) is 58.8 Å². The summed E-state index contributed by atoms with van der Waals surface area (Å²) >= 11 is 0. The molecule has 0 aliphatic rings. The van der Waals surface area contributed by atoms with E-state index in [0.29, 0.717) is 6.42 Å². The van der Waals surface area contributed by atoms with E-state index in [4.69, 9.17) is 10.5 Å². The Balaban J connectivity index is 3.82. The monoisotopic (exact) mass is 192 g/mol. The Morgan fingerprint density at radius 1 is 1.07 bits per heavy atom. The second kappa shape index (κ2) is 7.39. The number of rotatable bonds is 7. The van der Waals surface area contributed by atoms with Crippen LogP contribution in [0.25, 0.3) is 0 Å². The van der Waals surface area contributed by atoms with Crippen molar-refractivity contribution in [1.82, 2.24) is 0 Å². The van der Waals surface area contributed by atoms with Crippen LogP contribution in [0.5, 0.6) is 0 Å². The summed E-state index contributed by atoms with van der Waals surface area (Å²) in [5, 5.41) is 17.5. The molecule has 0 aliphatic carbocycles. The van der Waals surface area contributed by atoms with E-state index in [2.05, 4.69) is 19.1 Å². The molecule has 0 rings (SSSR count). The Morgan fingerprint density at radius 2 is 1.71 bits per heavy atom. The van der Waals surface area contributed by atoms with Crippen LogP contribution in [0.1, 0.15) is 58.8 Å². The van der Waals surface area contributed by atoms with Gasteiger partial charge < -0.3 is 0 Å². The number of nitrogens with zero attached hydrogens (tertiary/aromatic N) is 2. The first kappa shape index (κ1) is 13.0. The van der Waals surface area contributed by atoms with Crippen molar-refractivity contribution in [2.75, 3.05) is 0 Å². The molecule has 0 spiro atoms. The maximum Gasteiger partial charge on any atom is 0.0686 e. The molecular weight excluding hydrogens is 172 g/mol. The fourth-order valence-corrected chi connectivity index (χ4v) is 1.56. The first-order chi connectivity index (χ1) is 6.68. The van der Waals surface area contributed by atoms with Gasteiger partial charge in [-0.25, -0.2) is 0 Å². The zero-order valence-electron chi connectivity index (χ0n) is 9.34. The fraction of sp³-hybridized carbons (Fsp3) is 0.833. The predicted molar refractivity (Wildman–Crippen MR) is 57.3 cm³/mol. The number of hydrogen-bond acceptors (Lipinski definition) is 2. The van der Waals surface area contributed by atoms with Gasteiger partial charge in [-0.1, -0.05) is 26.2 Å². The third-order valence-electron chi connectivity index (χ3n) is 2.62. The zero-order chi connectivity index (χ0) is 10.9. The Labute approximate surface area is 87.5 Å². The van der Waals surface area contributed by atoms with Crippen LogP contribution in [0, 0.1) is 28.1 Å². The molecular formula is C12H20N2. The minimum absolute atomic E-state index is 0.202. The van der Waals surface area contributed by atoms with Crippen LogP contribution in [-0.4, -0.2) is 0 Å². The summed E-state index contributed by atoms with van der Waals surface area (Å²) in [5.74, 6) is 0. The Hall–Kier alpha value is -1.02. The van der Waals surface area contributed by atoms with E-state index in [1.165, 1.54) is 12.8 Å². The first-order valence-electron chi connectivity index (χ1n) is 5.46. The van der Waals surface area contributed by atoms with Crippen LogP contribution in [0.3, 0.4) is 0 Å². The fourth-order valence-electron chi connectivity index (χ4n) is 1.56. The van der Waals surface area contributed by atoms with Crippen LogP contribution in [0.4, 0.5) is 0 Å². The van der Waals surface area contributed by atoms with E-state index in [-0.39, 0.29) is 5.41 Å². The van der Waals surface area contributed by atoms with Gasteiger partial charge >= 0.3 is 0 Å². The summed E-state index contributed by atoms with van der Waals surface area (Å²) in [5.41, 5.74) is -0.202. The van der Waals surface area contributed by atoms with Crippen LogP contribution in [-0.2, 0) is 0 Å². The quantitative estimate of drug-likeness (QED) is 0.576. The van der Waals surface area contributed by atoms with Crippen molar-refractivity contribution < 1.29 is 0 Å². The lowest BCUT2D eigenvalue weighted by molar-refractivity contribution is 0.348. The predicted octanol–water partition coefficient (Wildman–Crippen LogP) is 3.79. The molecule has 0 aromatic heterocycles. The Morgan fingerprint density at radius 3 is 2.21 bits per heavy atom. The summed E-state index contributed by atoms with van der Waals surface area (Å²) in [6.45, 7) is 4.18. The van der Waals surface area contributed by atoms with Crippen LogP contribution >= 0.6 is 0 Å². The lowest BCUT2D eigenvalue weighted by atomic mass is 9.81. The molecule has 0 aromatic rings. The first-order valence-corrected chi connectivity index (χ1v) is 5.46. The van der Waals surface area contributed by atoms with Crippen LogP contribution in [0.2, 0.25) is 0 Å². The molecule has 0 aliphatic heterocycles. The van der Waals surface area contributed by atoms with E-state index in [0.717, 1.165) is 25.7 Å². The largest absolute Gasteiger partial charge is 0.198 e. The molecule has 0 aromatic carbocycles. The average molecular weight is 192 g/mol. The van der Waals surface area contributed by atoms with Crippen molar-refractivity contribution in [3.8, 4) is 12.1 Å². The second-order valence-corrected chi connectivity index (χ2v) is 4.14. The van der Waals surface area contributed by atoms with Gasteiger partial charge in [0, 0.05) is 6.42 Å². The lowest BCUT2D eigenvalue weighted by Crippen LogP contribution is -2.13. The number of nitriles is 2. The molecule has 78 valence electrons. The molecule has 0 fully saturated rings. The van der Waals surface area contributed by atoms with Crippen LogP contribution < -0.4 is 0 Å². The average Bonchev–Trinajstić information content (AvgIpc) is 2.19. The molecule has 1 unspecified atom stereocenters. The van der Waals surface area contributed by atoms with Crippen LogP contribution in [0.15, 0.2) is 0 Å². The molecule has 0 saturated heterocycles. The van der Waals surface area contributed by atoms with Gasteiger partial charge in [-0.15, -0.1) is 0 Å². The smallest absolute Gasteiger partial charge is 0.0686 e. The molecule has 0 bridgehead atoms. The molecule has 0 radical (unpaired) electrons. The van der Waals surface area contributed by atoms with E-state index in [1.54, 1.807) is 0 Å². The normalized spacial score (nSPS) is 14.0. The molecule has 0 amide bonds. The van der Waals surface area contributed by atoms with Gasteiger partial charge in [0.05, 0.1) is 17.6 Å². The van der Waals surface area contributed by atoms with Crippen molar-refractivity contribution in [3.05, 3.63) is 0 Å². The summed E-state index contributed by atoms with van der Waals surface area (Å²) in [7, 11) is 0. The molecule has 0 saturated carbocycles. The SMILES string of the molecule is CCCCCC(C)(C#N)CCCC#N. The molecule has 2 nitrogen and oxygen atoms in total. The maximum atomic E-state index is 9.05. The molecule has 14 heavy (non-hydrogen) atoms. The highest BCUT2D eigenvalue weighted by Crippen LogP contribution is 2.29. The highest BCUT2D eigenvalue weighted by molar-refractivity contribution is 4.95. The highest BCUT2D eigenvalue weighted by Gasteiger charge is 2.22. The van der Waals surface area contributed by atoms with Gasteiger partial charge in [-0.05, 0) is 26.2 Å². The minimum atomic E-state index is -0.202. The second-order valence-electron chi connectivity index (χ2n) is 4.14. The number of hydrogen-bond donors (Lipinski definition) is 0. The van der Waals surface area contributed by atoms with Gasteiger partial charge in [-0.2, -0.15) is 10.5 Å². The van der Waals surface area contributed by atoms with Crippen molar-refractivity contribution in [2.24, 2.45) is 5.41 Å². The molecule has 0 heterocycles. The summed E-state index contributed by atoms with van der Waals surface area (Å²) in [6, 6.07) is 4.51. The van der Waals surface area contributed by atoms with Gasteiger partial charge in [0.1, 0.15) is 0 Å². The highest BCUT2D eigenvalue weighted by atomic mass is 14.3. The zero-order valence-corrected chi connectivity index (χ0v) is 9.34. The van der Waals surface area contributed by atoms with E-state index >= 15 is 0 Å². The minimum Gasteiger partial charge on any atom is -0.198 e. The van der Waals surface area contributed by atoms with Crippen molar-refractivity contribution in [1.29, 1.82) is 10.5 Å². The van der Waals surface area contributed by atoms with E-state index in [9.17, 15) is 0 Å². The Bertz CT molecular complexity index is 221. The standard InChI is InChI=1S/C12H20N2/c1-3-4-5-8-12(2,11-14)9-6-7-10-13/h3-9H2,1-2H3. The van der Waals surface area contributed by atoms with Crippen molar-refractivity contribution >= 4 is 0 Å². The van der Waals surface area contributed by atoms with E-state index < -0.39 is 0 Å².